The van der Waals surface area contributed by atoms with Gasteiger partial charge in [0, 0.05) is 48.2 Å². The SMILES string of the molecule is CC(C)CC(=O)Nc1ccc(C(=O)Nc2ccc(N3CCC(N(C)C)C3)cc2)cc1. The lowest BCUT2D eigenvalue weighted by Crippen LogP contribution is -2.31. The maximum Gasteiger partial charge on any atom is 0.255 e. The van der Waals surface area contributed by atoms with E-state index < -0.39 is 0 Å². The van der Waals surface area contributed by atoms with Gasteiger partial charge in [-0.05, 0) is 75.0 Å². The van der Waals surface area contributed by atoms with Gasteiger partial charge < -0.3 is 20.4 Å². The molecule has 2 aromatic carbocycles. The fraction of sp³-hybridized carbons (Fsp3) is 0.417. The fourth-order valence-electron chi connectivity index (χ4n) is 3.64. The molecule has 3 rings (SSSR count). The van der Waals surface area contributed by atoms with Crippen LogP contribution in [-0.4, -0.2) is 49.9 Å². The van der Waals surface area contributed by atoms with Crippen molar-refractivity contribution in [2.45, 2.75) is 32.7 Å². The van der Waals surface area contributed by atoms with Gasteiger partial charge in [-0.25, -0.2) is 0 Å². The Bertz CT molecular complexity index is 860. The predicted octanol–water partition coefficient (Wildman–Crippen LogP) is 4.06. The van der Waals surface area contributed by atoms with Crippen molar-refractivity contribution in [1.82, 2.24) is 4.90 Å². The van der Waals surface area contributed by atoms with Gasteiger partial charge in [0.15, 0.2) is 0 Å². The Hall–Kier alpha value is -2.86. The third-order valence-corrected chi connectivity index (χ3v) is 5.41. The minimum absolute atomic E-state index is 0.0165. The Balaban J connectivity index is 1.55. The molecule has 1 aliphatic rings. The molecule has 30 heavy (non-hydrogen) atoms. The average Bonchev–Trinajstić information content (AvgIpc) is 3.19. The van der Waals surface area contributed by atoms with Gasteiger partial charge in [-0.2, -0.15) is 0 Å². The van der Waals surface area contributed by atoms with E-state index in [4.69, 9.17) is 0 Å². The Morgan fingerprint density at radius 1 is 1.00 bits per heavy atom. The first-order chi connectivity index (χ1) is 14.3. The highest BCUT2D eigenvalue weighted by Gasteiger charge is 2.24. The highest BCUT2D eigenvalue weighted by Crippen LogP contribution is 2.24. The van der Waals surface area contributed by atoms with Gasteiger partial charge in [-0.3, -0.25) is 9.59 Å². The first kappa shape index (κ1) is 21.8. The number of amides is 2. The molecule has 1 atom stereocenters. The van der Waals surface area contributed by atoms with Crippen molar-refractivity contribution in [1.29, 1.82) is 0 Å². The van der Waals surface area contributed by atoms with Crippen LogP contribution in [0.15, 0.2) is 48.5 Å². The molecule has 1 saturated heterocycles. The number of nitrogens with one attached hydrogen (secondary N) is 2. The van der Waals surface area contributed by atoms with E-state index >= 15 is 0 Å². The number of rotatable bonds is 7. The zero-order valence-electron chi connectivity index (χ0n) is 18.3. The molecule has 2 N–H and O–H groups in total. The number of anilines is 3. The van der Waals surface area contributed by atoms with Crippen LogP contribution in [0.2, 0.25) is 0 Å². The molecule has 0 saturated carbocycles. The molecule has 6 heteroatoms. The van der Waals surface area contributed by atoms with Crippen LogP contribution >= 0.6 is 0 Å². The molecule has 1 heterocycles. The summed E-state index contributed by atoms with van der Waals surface area (Å²) in [6, 6.07) is 15.5. The molecular weight excluding hydrogens is 376 g/mol. The maximum atomic E-state index is 12.5. The molecule has 2 aromatic rings. The molecule has 6 nitrogen and oxygen atoms in total. The van der Waals surface area contributed by atoms with E-state index in [-0.39, 0.29) is 11.8 Å². The summed E-state index contributed by atoms with van der Waals surface area (Å²) in [6.07, 6.45) is 1.64. The maximum absolute atomic E-state index is 12.5. The van der Waals surface area contributed by atoms with E-state index in [2.05, 4.69) is 46.7 Å². The van der Waals surface area contributed by atoms with Crippen molar-refractivity contribution in [3.63, 3.8) is 0 Å². The summed E-state index contributed by atoms with van der Waals surface area (Å²) in [6.45, 7) is 6.09. The van der Waals surface area contributed by atoms with Crippen LogP contribution in [0.4, 0.5) is 17.1 Å². The number of hydrogen-bond acceptors (Lipinski definition) is 4. The summed E-state index contributed by atoms with van der Waals surface area (Å²) in [5, 5.41) is 5.79. The molecule has 1 fully saturated rings. The van der Waals surface area contributed by atoms with Crippen LogP contribution in [-0.2, 0) is 4.79 Å². The first-order valence-corrected chi connectivity index (χ1v) is 10.5. The summed E-state index contributed by atoms with van der Waals surface area (Å²) in [4.78, 5) is 29.0. The van der Waals surface area contributed by atoms with Crippen LogP contribution in [0.5, 0.6) is 0 Å². The molecule has 0 aromatic heterocycles. The van der Waals surface area contributed by atoms with Crippen molar-refractivity contribution >= 4 is 28.9 Å². The average molecular weight is 409 g/mol. The van der Waals surface area contributed by atoms with Gasteiger partial charge in [0.1, 0.15) is 0 Å². The van der Waals surface area contributed by atoms with Crippen molar-refractivity contribution in [3.8, 4) is 0 Å². The van der Waals surface area contributed by atoms with Gasteiger partial charge in [0.05, 0.1) is 0 Å². The van der Waals surface area contributed by atoms with E-state index in [9.17, 15) is 9.59 Å². The summed E-state index contributed by atoms with van der Waals surface area (Å²) in [5.74, 6) is 0.121. The number of nitrogens with zero attached hydrogens (tertiary/aromatic N) is 2. The van der Waals surface area contributed by atoms with Crippen LogP contribution in [0.25, 0.3) is 0 Å². The molecule has 0 aliphatic carbocycles. The standard InChI is InChI=1S/C24H32N4O2/c1-17(2)15-23(29)25-19-7-5-18(6-8-19)24(30)26-20-9-11-21(12-10-20)28-14-13-22(16-28)27(3)4/h5-12,17,22H,13-16H2,1-4H3,(H,25,29)(H,26,30). The third-order valence-electron chi connectivity index (χ3n) is 5.41. The minimum Gasteiger partial charge on any atom is -0.370 e. The fourth-order valence-corrected chi connectivity index (χ4v) is 3.64. The zero-order chi connectivity index (χ0) is 21.7. The Morgan fingerprint density at radius 3 is 2.17 bits per heavy atom. The van der Waals surface area contributed by atoms with Gasteiger partial charge >= 0.3 is 0 Å². The molecule has 1 aliphatic heterocycles. The smallest absolute Gasteiger partial charge is 0.255 e. The molecule has 160 valence electrons. The highest BCUT2D eigenvalue weighted by molar-refractivity contribution is 6.04. The lowest BCUT2D eigenvalue weighted by molar-refractivity contribution is -0.116. The second-order valence-corrected chi connectivity index (χ2v) is 8.58. The number of hydrogen-bond donors (Lipinski definition) is 2. The number of carbonyl (C=O) groups is 2. The number of carbonyl (C=O) groups excluding carboxylic acids is 2. The zero-order valence-corrected chi connectivity index (χ0v) is 18.3. The minimum atomic E-state index is -0.170. The molecular formula is C24H32N4O2. The predicted molar refractivity (Wildman–Crippen MR) is 123 cm³/mol. The molecule has 1 unspecified atom stereocenters. The van der Waals surface area contributed by atoms with E-state index in [1.54, 1.807) is 24.3 Å². The van der Waals surface area contributed by atoms with Gasteiger partial charge in [-0.15, -0.1) is 0 Å². The first-order valence-electron chi connectivity index (χ1n) is 10.5. The van der Waals surface area contributed by atoms with Crippen molar-refractivity contribution in [3.05, 3.63) is 54.1 Å². The van der Waals surface area contributed by atoms with Crippen molar-refractivity contribution in [2.24, 2.45) is 5.92 Å². The lowest BCUT2D eigenvalue weighted by atomic mass is 10.1. The van der Waals surface area contributed by atoms with E-state index in [1.807, 2.05) is 26.0 Å². The summed E-state index contributed by atoms with van der Waals surface area (Å²) >= 11 is 0. The molecule has 2 amide bonds. The monoisotopic (exact) mass is 408 g/mol. The van der Waals surface area contributed by atoms with E-state index in [1.165, 1.54) is 12.1 Å². The van der Waals surface area contributed by atoms with Gasteiger partial charge in [-0.1, -0.05) is 13.8 Å². The summed E-state index contributed by atoms with van der Waals surface area (Å²) < 4.78 is 0. The number of likely N-dealkylation sites (N-methyl/N-ethyl adjacent to an activating group) is 1. The highest BCUT2D eigenvalue weighted by atomic mass is 16.2. The quantitative estimate of drug-likeness (QED) is 0.725. The second kappa shape index (κ2) is 9.76. The Labute approximate surface area is 179 Å². The Kier molecular flexibility index (Phi) is 7.11. The van der Waals surface area contributed by atoms with E-state index in [0.717, 1.165) is 18.8 Å². The Morgan fingerprint density at radius 2 is 1.60 bits per heavy atom. The summed E-state index contributed by atoms with van der Waals surface area (Å²) in [5.41, 5.74) is 3.19. The second-order valence-electron chi connectivity index (χ2n) is 8.58. The molecule has 0 radical (unpaired) electrons. The van der Waals surface area contributed by atoms with Gasteiger partial charge in [0.2, 0.25) is 5.91 Å². The van der Waals surface area contributed by atoms with Crippen LogP contribution in [0.3, 0.4) is 0 Å². The van der Waals surface area contributed by atoms with Crippen molar-refractivity contribution < 1.29 is 9.59 Å². The number of benzene rings is 2. The van der Waals surface area contributed by atoms with Crippen molar-refractivity contribution in [2.75, 3.05) is 42.7 Å². The normalized spacial score (nSPS) is 16.2. The van der Waals surface area contributed by atoms with Crippen LogP contribution < -0.4 is 15.5 Å². The van der Waals surface area contributed by atoms with Crippen LogP contribution in [0.1, 0.15) is 37.0 Å². The molecule has 0 bridgehead atoms. The lowest BCUT2D eigenvalue weighted by Gasteiger charge is -2.22. The van der Waals surface area contributed by atoms with Crippen LogP contribution in [0, 0.1) is 5.92 Å². The van der Waals surface area contributed by atoms with E-state index in [0.29, 0.717) is 29.6 Å². The summed E-state index contributed by atoms with van der Waals surface area (Å²) in [7, 11) is 4.25. The largest absolute Gasteiger partial charge is 0.370 e. The van der Waals surface area contributed by atoms with Gasteiger partial charge in [0.25, 0.3) is 5.91 Å². The topological polar surface area (TPSA) is 64.7 Å². The third kappa shape index (κ3) is 5.83. The molecule has 0 spiro atoms.